The van der Waals surface area contributed by atoms with Crippen molar-refractivity contribution in [1.82, 2.24) is 0 Å². The Morgan fingerprint density at radius 3 is 2.86 bits per heavy atom. The number of ether oxygens (including phenoxy) is 1. The molecule has 1 aliphatic rings. The van der Waals surface area contributed by atoms with E-state index in [2.05, 4.69) is 14.8 Å². The third-order valence-electron chi connectivity index (χ3n) is 2.52. The van der Waals surface area contributed by atoms with Crippen LogP contribution in [0.1, 0.15) is 19.3 Å². The summed E-state index contributed by atoms with van der Waals surface area (Å²) >= 11 is 0. The van der Waals surface area contributed by atoms with E-state index < -0.39 is 12.1 Å². The van der Waals surface area contributed by atoms with Crippen molar-refractivity contribution in [2.24, 2.45) is 11.0 Å². The van der Waals surface area contributed by atoms with Crippen LogP contribution in [-0.4, -0.2) is 30.3 Å². The first kappa shape index (κ1) is 10.8. The van der Waals surface area contributed by atoms with Gasteiger partial charge in [-0.25, -0.2) is 0 Å². The summed E-state index contributed by atoms with van der Waals surface area (Å²) in [6.45, 7) is 0. The van der Waals surface area contributed by atoms with Gasteiger partial charge in [-0.15, -0.1) is 0 Å². The summed E-state index contributed by atoms with van der Waals surface area (Å²) in [5, 5.41) is 13.0. The largest absolute Gasteiger partial charge is 0.469 e. The number of aliphatic hydroxyl groups excluding tert-OH is 1. The number of hydrogen-bond acceptors (Lipinski definition) is 4. The van der Waals surface area contributed by atoms with Crippen LogP contribution >= 0.6 is 0 Å². The predicted octanol–water partition coefficient (Wildman–Crippen LogP) is 0.999. The molecule has 0 saturated heterocycles. The molecular formula is C8H13N3O3. The van der Waals surface area contributed by atoms with E-state index in [-0.39, 0.29) is 11.9 Å². The number of carbonyl (C=O) groups excluding carboxylic acids is 1. The van der Waals surface area contributed by atoms with Gasteiger partial charge in [0.15, 0.2) is 0 Å². The van der Waals surface area contributed by atoms with Gasteiger partial charge in [0.1, 0.15) is 0 Å². The Morgan fingerprint density at radius 2 is 2.36 bits per heavy atom. The molecule has 6 heteroatoms. The zero-order valence-corrected chi connectivity index (χ0v) is 7.96. The highest BCUT2D eigenvalue weighted by atomic mass is 16.5. The molecule has 0 spiro atoms. The van der Waals surface area contributed by atoms with Gasteiger partial charge in [0.05, 0.1) is 25.2 Å². The Balaban J connectivity index is 2.54. The number of azide groups is 1. The topological polar surface area (TPSA) is 95.3 Å². The highest BCUT2D eigenvalue weighted by molar-refractivity contribution is 5.72. The van der Waals surface area contributed by atoms with Crippen molar-refractivity contribution in [3.8, 4) is 0 Å². The second-order valence-corrected chi connectivity index (χ2v) is 3.37. The molecule has 3 atom stereocenters. The molecule has 1 saturated carbocycles. The fraction of sp³-hybridized carbons (Fsp3) is 0.875. The van der Waals surface area contributed by atoms with Gasteiger partial charge >= 0.3 is 5.97 Å². The molecule has 1 aliphatic carbocycles. The van der Waals surface area contributed by atoms with E-state index in [1.54, 1.807) is 0 Å². The highest BCUT2D eigenvalue weighted by Crippen LogP contribution is 2.27. The zero-order valence-electron chi connectivity index (χ0n) is 7.96. The van der Waals surface area contributed by atoms with E-state index in [0.717, 1.165) is 0 Å². The third kappa shape index (κ3) is 2.37. The number of esters is 1. The molecule has 1 rings (SSSR count). The van der Waals surface area contributed by atoms with E-state index in [1.807, 2.05) is 0 Å². The number of nitrogens with zero attached hydrogens (tertiary/aromatic N) is 3. The lowest BCUT2D eigenvalue weighted by atomic mass is 9.84. The second-order valence-electron chi connectivity index (χ2n) is 3.37. The summed E-state index contributed by atoms with van der Waals surface area (Å²) < 4.78 is 4.58. The van der Waals surface area contributed by atoms with E-state index in [4.69, 9.17) is 5.53 Å². The van der Waals surface area contributed by atoms with Gasteiger partial charge in [0.25, 0.3) is 0 Å². The van der Waals surface area contributed by atoms with Crippen LogP contribution in [0.3, 0.4) is 0 Å². The lowest BCUT2D eigenvalue weighted by Gasteiger charge is -2.28. The van der Waals surface area contributed by atoms with Gasteiger partial charge in [-0.1, -0.05) is 5.11 Å². The second kappa shape index (κ2) is 4.83. The monoisotopic (exact) mass is 199 g/mol. The van der Waals surface area contributed by atoms with Gasteiger partial charge in [-0.05, 0) is 24.8 Å². The summed E-state index contributed by atoms with van der Waals surface area (Å²) in [6, 6.07) is -0.402. The molecule has 0 amide bonds. The van der Waals surface area contributed by atoms with E-state index in [0.29, 0.717) is 19.3 Å². The smallest absolute Gasteiger partial charge is 0.308 e. The van der Waals surface area contributed by atoms with Crippen LogP contribution in [0.5, 0.6) is 0 Å². The molecule has 6 nitrogen and oxygen atoms in total. The van der Waals surface area contributed by atoms with Gasteiger partial charge in [-0.3, -0.25) is 4.79 Å². The number of aliphatic hydroxyl groups is 1. The van der Waals surface area contributed by atoms with Crippen LogP contribution in [0, 0.1) is 5.92 Å². The quantitative estimate of drug-likeness (QED) is 0.311. The van der Waals surface area contributed by atoms with Crippen molar-refractivity contribution in [3.05, 3.63) is 10.4 Å². The molecule has 0 aromatic heterocycles. The summed E-state index contributed by atoms with van der Waals surface area (Å²) in [7, 11) is 1.33. The maximum atomic E-state index is 11.1. The first-order valence-corrected chi connectivity index (χ1v) is 4.49. The van der Waals surface area contributed by atoms with Crippen molar-refractivity contribution < 1.29 is 14.6 Å². The van der Waals surface area contributed by atoms with Crippen LogP contribution in [0.2, 0.25) is 0 Å². The van der Waals surface area contributed by atoms with Crippen molar-refractivity contribution in [2.45, 2.75) is 31.4 Å². The molecule has 0 aromatic rings. The molecular weight excluding hydrogens is 186 g/mol. The highest BCUT2D eigenvalue weighted by Gasteiger charge is 2.32. The molecule has 78 valence electrons. The summed E-state index contributed by atoms with van der Waals surface area (Å²) in [4.78, 5) is 13.8. The van der Waals surface area contributed by atoms with E-state index in [1.165, 1.54) is 7.11 Å². The third-order valence-corrected chi connectivity index (χ3v) is 2.52. The Hall–Kier alpha value is -1.26. The molecule has 0 heterocycles. The van der Waals surface area contributed by atoms with Gasteiger partial charge < -0.3 is 9.84 Å². The fourth-order valence-electron chi connectivity index (χ4n) is 1.71. The Kier molecular flexibility index (Phi) is 3.73. The van der Waals surface area contributed by atoms with Gasteiger partial charge in [0.2, 0.25) is 0 Å². The van der Waals surface area contributed by atoms with Crippen LogP contribution in [0.4, 0.5) is 0 Å². The molecule has 0 aliphatic heterocycles. The molecule has 0 bridgehead atoms. The Bertz CT molecular complexity index is 263. The van der Waals surface area contributed by atoms with Crippen molar-refractivity contribution in [3.63, 3.8) is 0 Å². The van der Waals surface area contributed by atoms with Crippen molar-refractivity contribution in [2.75, 3.05) is 7.11 Å². The Labute approximate surface area is 81.5 Å². The normalized spacial score (nSPS) is 31.7. The number of carbonyl (C=O) groups is 1. The molecule has 1 N–H and O–H groups in total. The van der Waals surface area contributed by atoms with Crippen molar-refractivity contribution >= 4 is 5.97 Å². The first-order valence-electron chi connectivity index (χ1n) is 4.49. The number of methoxy groups -OCH3 is 1. The molecule has 0 aromatic carbocycles. The summed E-state index contributed by atoms with van der Waals surface area (Å²) in [5.41, 5.74) is 8.21. The minimum Gasteiger partial charge on any atom is -0.469 e. The average Bonchev–Trinajstić information content (AvgIpc) is 2.20. The lowest BCUT2D eigenvalue weighted by molar-refractivity contribution is -0.148. The first-order chi connectivity index (χ1) is 6.69. The fourth-order valence-corrected chi connectivity index (χ4v) is 1.71. The van der Waals surface area contributed by atoms with E-state index in [9.17, 15) is 9.90 Å². The van der Waals surface area contributed by atoms with Gasteiger partial charge in [0, 0.05) is 4.91 Å². The summed E-state index contributed by atoms with van der Waals surface area (Å²) in [5.74, 6) is -0.566. The lowest BCUT2D eigenvalue weighted by Crippen LogP contribution is -2.35. The maximum Gasteiger partial charge on any atom is 0.308 e. The van der Waals surface area contributed by atoms with Gasteiger partial charge in [-0.2, -0.15) is 0 Å². The van der Waals surface area contributed by atoms with Crippen LogP contribution in [0.25, 0.3) is 10.4 Å². The van der Waals surface area contributed by atoms with Crippen LogP contribution in [0.15, 0.2) is 5.11 Å². The minimum atomic E-state index is -0.733. The maximum absolute atomic E-state index is 11.1. The zero-order chi connectivity index (χ0) is 10.6. The number of rotatable bonds is 2. The van der Waals surface area contributed by atoms with Crippen LogP contribution < -0.4 is 0 Å². The standard InChI is InChI=1S/C8H13N3O3/c1-14-8(13)5-2-3-6(10-11-9)7(12)4-5/h5-7,12H,2-4H2,1H3/t5-,6+,7+/m0/s1. The Morgan fingerprint density at radius 1 is 1.64 bits per heavy atom. The SMILES string of the molecule is COC(=O)[C@H]1CC[C@@H](N=[N+]=[N-])[C@H](O)C1. The summed E-state index contributed by atoms with van der Waals surface area (Å²) in [6.07, 6.45) is 0.721. The molecule has 0 unspecified atom stereocenters. The molecule has 14 heavy (non-hydrogen) atoms. The van der Waals surface area contributed by atoms with E-state index >= 15 is 0 Å². The minimum absolute atomic E-state index is 0.264. The van der Waals surface area contributed by atoms with Crippen molar-refractivity contribution in [1.29, 1.82) is 0 Å². The molecule has 0 radical (unpaired) electrons. The van der Waals surface area contributed by atoms with Crippen LogP contribution in [-0.2, 0) is 9.53 Å². The molecule has 1 fully saturated rings. The predicted molar refractivity (Wildman–Crippen MR) is 48.3 cm³/mol. The number of hydrogen-bond donors (Lipinski definition) is 1. The average molecular weight is 199 g/mol.